The van der Waals surface area contributed by atoms with Crippen molar-refractivity contribution in [3.8, 4) is 23.0 Å². The second-order valence-electron chi connectivity index (χ2n) is 9.93. The van der Waals surface area contributed by atoms with Crippen LogP contribution in [0.25, 0.3) is 0 Å². The van der Waals surface area contributed by atoms with Gasteiger partial charge in [0.2, 0.25) is 0 Å². The van der Waals surface area contributed by atoms with Gasteiger partial charge in [-0.15, -0.1) is 0 Å². The topological polar surface area (TPSA) is 46.2 Å². The molecule has 0 amide bonds. The zero-order valence-electron chi connectivity index (χ0n) is 23.2. The number of hydrogen-bond acceptors (Lipinski definition) is 5. The summed E-state index contributed by atoms with van der Waals surface area (Å²) >= 11 is 0. The third-order valence-electron chi connectivity index (χ3n) is 7.13. The smallest absolute Gasteiger partial charge is 0.161 e. The standard InChI is InChI=1S/C35H36O5/c1-36-32-15-13-28(21-34(32)37-2)19-30-24-38-25-31(30)20-29-14-16-33(40-23-27-11-7-4-8-12-27)35(22-29)39-18-17-26-9-5-3-6-10-26/h3-16,21-22,24,31H,17-20,23,25H2,1-2H3/t31-/m0/s1. The summed E-state index contributed by atoms with van der Waals surface area (Å²) < 4.78 is 29.2. The number of ether oxygens (including phenoxy) is 5. The summed E-state index contributed by atoms with van der Waals surface area (Å²) in [6.07, 6.45) is 4.39. The van der Waals surface area contributed by atoms with Gasteiger partial charge in [-0.25, -0.2) is 0 Å². The van der Waals surface area contributed by atoms with Crippen LogP contribution in [0.2, 0.25) is 0 Å². The molecule has 1 aliphatic heterocycles. The molecular formula is C35H36O5. The molecular weight excluding hydrogens is 500 g/mol. The molecule has 0 saturated carbocycles. The Kier molecular flexibility index (Phi) is 9.25. The molecule has 0 bridgehead atoms. The minimum Gasteiger partial charge on any atom is -0.501 e. The Bertz CT molecular complexity index is 1400. The van der Waals surface area contributed by atoms with Gasteiger partial charge in [-0.2, -0.15) is 0 Å². The van der Waals surface area contributed by atoms with E-state index in [-0.39, 0.29) is 5.92 Å². The zero-order chi connectivity index (χ0) is 27.6. The fraction of sp³-hybridized carbons (Fsp3) is 0.257. The molecule has 4 aromatic rings. The molecule has 1 heterocycles. The van der Waals surface area contributed by atoms with Crippen molar-refractivity contribution < 1.29 is 23.7 Å². The van der Waals surface area contributed by atoms with E-state index in [9.17, 15) is 0 Å². The van der Waals surface area contributed by atoms with Crippen molar-refractivity contribution in [1.82, 2.24) is 0 Å². The van der Waals surface area contributed by atoms with Crippen molar-refractivity contribution in [2.24, 2.45) is 5.92 Å². The van der Waals surface area contributed by atoms with E-state index in [4.69, 9.17) is 23.7 Å². The molecule has 0 aromatic heterocycles. The van der Waals surface area contributed by atoms with E-state index in [0.717, 1.165) is 53.4 Å². The van der Waals surface area contributed by atoms with Gasteiger partial charge in [-0.1, -0.05) is 72.8 Å². The van der Waals surface area contributed by atoms with Gasteiger partial charge < -0.3 is 23.7 Å². The average Bonchev–Trinajstić information content (AvgIpc) is 3.43. The largest absolute Gasteiger partial charge is 0.501 e. The minimum absolute atomic E-state index is 0.279. The molecule has 0 N–H and O–H groups in total. The molecule has 5 heteroatoms. The molecule has 1 atom stereocenters. The van der Waals surface area contributed by atoms with Gasteiger partial charge in [0, 0.05) is 12.3 Å². The number of benzene rings is 4. The highest BCUT2D eigenvalue weighted by molar-refractivity contribution is 5.45. The molecule has 5 rings (SSSR count). The van der Waals surface area contributed by atoms with E-state index in [1.807, 2.05) is 48.7 Å². The van der Waals surface area contributed by atoms with E-state index in [0.29, 0.717) is 19.8 Å². The van der Waals surface area contributed by atoms with Crippen LogP contribution in [0, 0.1) is 5.92 Å². The molecule has 0 radical (unpaired) electrons. The van der Waals surface area contributed by atoms with Gasteiger partial charge in [-0.05, 0) is 64.9 Å². The predicted octanol–water partition coefficient (Wildman–Crippen LogP) is 7.22. The van der Waals surface area contributed by atoms with Gasteiger partial charge >= 0.3 is 0 Å². The second-order valence-corrected chi connectivity index (χ2v) is 9.93. The molecule has 40 heavy (non-hydrogen) atoms. The maximum Gasteiger partial charge on any atom is 0.161 e. The third kappa shape index (κ3) is 7.17. The van der Waals surface area contributed by atoms with Crippen LogP contribution < -0.4 is 18.9 Å². The van der Waals surface area contributed by atoms with E-state index < -0.39 is 0 Å². The van der Waals surface area contributed by atoms with E-state index in [2.05, 4.69) is 54.6 Å². The highest BCUT2D eigenvalue weighted by Gasteiger charge is 2.23. The molecule has 4 aromatic carbocycles. The van der Waals surface area contributed by atoms with Crippen LogP contribution in [-0.2, 0) is 30.6 Å². The highest BCUT2D eigenvalue weighted by atomic mass is 16.5. The summed E-state index contributed by atoms with van der Waals surface area (Å²) in [4.78, 5) is 0. The average molecular weight is 537 g/mol. The molecule has 5 nitrogen and oxygen atoms in total. The van der Waals surface area contributed by atoms with Gasteiger partial charge in [0.25, 0.3) is 0 Å². The van der Waals surface area contributed by atoms with Gasteiger partial charge in [0.15, 0.2) is 23.0 Å². The fourth-order valence-corrected chi connectivity index (χ4v) is 4.93. The Hall–Kier alpha value is -4.38. The number of methoxy groups -OCH3 is 2. The maximum atomic E-state index is 6.31. The summed E-state index contributed by atoms with van der Waals surface area (Å²) in [7, 11) is 3.31. The van der Waals surface area contributed by atoms with Crippen molar-refractivity contribution in [3.63, 3.8) is 0 Å². The summed E-state index contributed by atoms with van der Waals surface area (Å²) in [5.41, 5.74) is 5.99. The lowest BCUT2D eigenvalue weighted by Crippen LogP contribution is -2.11. The van der Waals surface area contributed by atoms with Gasteiger partial charge in [0.1, 0.15) is 6.61 Å². The summed E-state index contributed by atoms with van der Waals surface area (Å²) in [6.45, 7) is 1.73. The van der Waals surface area contributed by atoms with Crippen LogP contribution in [-0.4, -0.2) is 27.4 Å². The van der Waals surface area contributed by atoms with Crippen LogP contribution in [0.5, 0.6) is 23.0 Å². The Labute approximate surface area is 236 Å². The van der Waals surface area contributed by atoms with E-state index in [1.54, 1.807) is 14.2 Å². The summed E-state index contributed by atoms with van der Waals surface area (Å²) in [5.74, 6) is 3.27. The second kappa shape index (κ2) is 13.6. The monoisotopic (exact) mass is 536 g/mol. The Balaban J connectivity index is 1.28. The van der Waals surface area contributed by atoms with Crippen molar-refractivity contribution >= 4 is 0 Å². The quantitative estimate of drug-likeness (QED) is 0.181. The van der Waals surface area contributed by atoms with Crippen molar-refractivity contribution in [3.05, 3.63) is 131 Å². The first kappa shape index (κ1) is 27.2. The van der Waals surface area contributed by atoms with Gasteiger partial charge in [-0.3, -0.25) is 0 Å². The fourth-order valence-electron chi connectivity index (χ4n) is 4.93. The lowest BCUT2D eigenvalue weighted by molar-refractivity contribution is 0.247. The van der Waals surface area contributed by atoms with Crippen LogP contribution >= 0.6 is 0 Å². The molecule has 0 aliphatic carbocycles. The Morgan fingerprint density at radius 2 is 1.32 bits per heavy atom. The zero-order valence-corrected chi connectivity index (χ0v) is 23.2. The first-order chi connectivity index (χ1) is 19.7. The Morgan fingerprint density at radius 3 is 2.08 bits per heavy atom. The Morgan fingerprint density at radius 1 is 0.650 bits per heavy atom. The lowest BCUT2D eigenvalue weighted by atomic mass is 9.90. The highest BCUT2D eigenvalue weighted by Crippen LogP contribution is 2.34. The first-order valence-corrected chi connectivity index (χ1v) is 13.7. The van der Waals surface area contributed by atoms with E-state index >= 15 is 0 Å². The van der Waals surface area contributed by atoms with Crippen molar-refractivity contribution in [1.29, 1.82) is 0 Å². The van der Waals surface area contributed by atoms with Crippen LogP contribution in [0.4, 0.5) is 0 Å². The lowest BCUT2D eigenvalue weighted by Gasteiger charge is -2.17. The summed E-state index contributed by atoms with van der Waals surface area (Å²) in [5, 5.41) is 0. The first-order valence-electron chi connectivity index (χ1n) is 13.7. The van der Waals surface area contributed by atoms with Crippen LogP contribution in [0.15, 0.2) is 109 Å². The van der Waals surface area contributed by atoms with Crippen LogP contribution in [0.1, 0.15) is 22.3 Å². The van der Waals surface area contributed by atoms with E-state index in [1.165, 1.54) is 16.7 Å². The molecule has 0 saturated heterocycles. The van der Waals surface area contributed by atoms with Crippen LogP contribution in [0.3, 0.4) is 0 Å². The number of rotatable bonds is 13. The predicted molar refractivity (Wildman–Crippen MR) is 157 cm³/mol. The van der Waals surface area contributed by atoms with Gasteiger partial charge in [0.05, 0.1) is 33.7 Å². The molecule has 0 fully saturated rings. The minimum atomic E-state index is 0.279. The van der Waals surface area contributed by atoms with Crippen molar-refractivity contribution in [2.75, 3.05) is 27.4 Å². The van der Waals surface area contributed by atoms with Crippen molar-refractivity contribution in [2.45, 2.75) is 25.9 Å². The normalized spacial score (nSPS) is 14.2. The molecule has 206 valence electrons. The SMILES string of the molecule is COc1ccc(CC2=COC[C@@H]2Cc2ccc(OCc3ccccc3)c(OCCc3ccccc3)c2)cc1OC. The molecule has 1 aliphatic rings. The number of hydrogen-bond donors (Lipinski definition) is 0. The molecule has 0 spiro atoms. The summed E-state index contributed by atoms with van der Waals surface area (Å²) in [6, 6.07) is 32.9. The third-order valence-corrected chi connectivity index (χ3v) is 7.13. The maximum absolute atomic E-state index is 6.31. The molecule has 0 unspecified atom stereocenters.